The molecule has 1 amide bonds. The second-order valence-corrected chi connectivity index (χ2v) is 7.59. The van der Waals surface area contributed by atoms with E-state index >= 15 is 0 Å². The van der Waals surface area contributed by atoms with Gasteiger partial charge < -0.3 is 10.3 Å². The van der Waals surface area contributed by atoms with E-state index in [2.05, 4.69) is 39.3 Å². The van der Waals surface area contributed by atoms with E-state index in [0.29, 0.717) is 47.0 Å². The third-order valence-electron chi connectivity index (χ3n) is 3.78. The first-order chi connectivity index (χ1) is 12.5. The zero-order valence-electron chi connectivity index (χ0n) is 14.8. The molecule has 0 radical (unpaired) electrons. The van der Waals surface area contributed by atoms with Gasteiger partial charge in [0.15, 0.2) is 0 Å². The lowest BCUT2D eigenvalue weighted by molar-refractivity contribution is -0.116. The average molecular weight is 371 g/mol. The van der Waals surface area contributed by atoms with E-state index in [-0.39, 0.29) is 11.5 Å². The van der Waals surface area contributed by atoms with Crippen molar-refractivity contribution in [1.29, 1.82) is 0 Å². The number of nitrogens with one attached hydrogen (secondary N) is 2. The Morgan fingerprint density at radius 1 is 1.27 bits per heavy atom. The van der Waals surface area contributed by atoms with Crippen molar-refractivity contribution in [3.8, 4) is 0 Å². The molecule has 3 aromatic rings. The van der Waals surface area contributed by atoms with Crippen LogP contribution >= 0.6 is 11.3 Å². The van der Waals surface area contributed by atoms with E-state index in [1.807, 2.05) is 18.2 Å². The van der Waals surface area contributed by atoms with Gasteiger partial charge in [0.1, 0.15) is 10.8 Å². The van der Waals surface area contributed by atoms with Crippen molar-refractivity contribution in [2.24, 2.45) is 5.92 Å². The molecule has 0 aliphatic rings. The molecule has 0 saturated carbocycles. The molecule has 26 heavy (non-hydrogen) atoms. The Balaban J connectivity index is 1.52. The van der Waals surface area contributed by atoms with Crippen LogP contribution < -0.4 is 10.9 Å². The Labute approximate surface area is 154 Å². The van der Waals surface area contributed by atoms with Gasteiger partial charge in [0.25, 0.3) is 5.56 Å². The van der Waals surface area contributed by atoms with E-state index in [9.17, 15) is 9.59 Å². The summed E-state index contributed by atoms with van der Waals surface area (Å²) < 4.78 is 0. The van der Waals surface area contributed by atoms with Crippen LogP contribution in [-0.4, -0.2) is 26.1 Å². The lowest BCUT2D eigenvalue weighted by Gasteiger charge is -2.03. The third-order valence-corrected chi connectivity index (χ3v) is 4.64. The highest BCUT2D eigenvalue weighted by Crippen LogP contribution is 2.18. The second kappa shape index (κ2) is 8.18. The first-order valence-corrected chi connectivity index (χ1v) is 9.43. The first kappa shape index (κ1) is 18.2. The van der Waals surface area contributed by atoms with Crippen LogP contribution in [0.25, 0.3) is 10.9 Å². The molecule has 0 saturated heterocycles. The Bertz CT molecular complexity index is 963. The molecule has 8 heteroatoms. The van der Waals surface area contributed by atoms with E-state index in [0.717, 1.165) is 11.4 Å². The molecule has 2 aromatic heterocycles. The van der Waals surface area contributed by atoms with Crippen molar-refractivity contribution in [2.45, 2.75) is 39.5 Å². The summed E-state index contributed by atoms with van der Waals surface area (Å²) in [5.74, 6) is 0.986. The summed E-state index contributed by atoms with van der Waals surface area (Å²) in [6, 6.07) is 7.21. The third kappa shape index (κ3) is 4.72. The van der Waals surface area contributed by atoms with Gasteiger partial charge in [-0.05, 0) is 24.5 Å². The Morgan fingerprint density at radius 3 is 2.88 bits per heavy atom. The van der Waals surface area contributed by atoms with Crippen molar-refractivity contribution in [1.82, 2.24) is 20.2 Å². The minimum Gasteiger partial charge on any atom is -0.310 e. The largest absolute Gasteiger partial charge is 0.310 e. The molecule has 2 heterocycles. The summed E-state index contributed by atoms with van der Waals surface area (Å²) in [5.41, 5.74) is 0.517. The highest BCUT2D eigenvalue weighted by molar-refractivity contribution is 7.15. The smallest absolute Gasteiger partial charge is 0.258 e. The lowest BCUT2D eigenvalue weighted by Crippen LogP contribution is -2.14. The summed E-state index contributed by atoms with van der Waals surface area (Å²) in [6.07, 6.45) is 2.30. The Morgan fingerprint density at radius 2 is 2.08 bits per heavy atom. The predicted octanol–water partition coefficient (Wildman–Crippen LogP) is 2.93. The number of para-hydroxylation sites is 1. The van der Waals surface area contributed by atoms with Crippen LogP contribution in [0.4, 0.5) is 5.13 Å². The SMILES string of the molecule is CC(C)Cc1nnc(NC(=O)CCCc2nc3ccccc3c(=O)[nH]2)s1. The molecule has 2 N–H and O–H groups in total. The molecule has 3 rings (SSSR count). The zero-order chi connectivity index (χ0) is 18.5. The number of hydrogen-bond acceptors (Lipinski definition) is 6. The van der Waals surface area contributed by atoms with Crippen LogP contribution in [-0.2, 0) is 17.6 Å². The van der Waals surface area contributed by atoms with Gasteiger partial charge in [0.05, 0.1) is 10.9 Å². The topological polar surface area (TPSA) is 101 Å². The predicted molar refractivity (Wildman–Crippen MR) is 102 cm³/mol. The maximum absolute atomic E-state index is 12.0. The summed E-state index contributed by atoms with van der Waals surface area (Å²) in [7, 11) is 0. The monoisotopic (exact) mass is 371 g/mol. The standard InChI is InChI=1S/C18H21N5O2S/c1-11(2)10-16-22-23-18(26-16)21-15(24)9-5-8-14-19-13-7-4-3-6-12(13)17(25)20-14/h3-4,6-7,11H,5,8-10H2,1-2H3,(H,19,20,25)(H,21,23,24). The average Bonchev–Trinajstić information content (AvgIpc) is 3.01. The van der Waals surface area contributed by atoms with Gasteiger partial charge in [-0.3, -0.25) is 9.59 Å². The number of aromatic nitrogens is 4. The first-order valence-electron chi connectivity index (χ1n) is 8.61. The van der Waals surface area contributed by atoms with Gasteiger partial charge in [-0.1, -0.05) is 37.3 Å². The molecule has 0 fully saturated rings. The summed E-state index contributed by atoms with van der Waals surface area (Å²) in [5, 5.41) is 12.9. The molecule has 1 aromatic carbocycles. The summed E-state index contributed by atoms with van der Waals surface area (Å²) in [6.45, 7) is 4.23. The van der Waals surface area contributed by atoms with Gasteiger partial charge in [0, 0.05) is 19.3 Å². The fourth-order valence-electron chi connectivity index (χ4n) is 2.59. The molecule has 136 valence electrons. The fraction of sp³-hybridized carbons (Fsp3) is 0.389. The number of carbonyl (C=O) groups is 1. The van der Waals surface area contributed by atoms with Crippen molar-refractivity contribution >= 4 is 33.3 Å². The van der Waals surface area contributed by atoms with E-state index in [1.54, 1.807) is 6.07 Å². The minimum absolute atomic E-state index is 0.111. The molecule has 0 unspecified atom stereocenters. The van der Waals surface area contributed by atoms with Crippen LogP contribution in [0, 0.1) is 5.92 Å². The van der Waals surface area contributed by atoms with Crippen LogP contribution in [0.5, 0.6) is 0 Å². The van der Waals surface area contributed by atoms with Gasteiger partial charge in [-0.2, -0.15) is 0 Å². The maximum Gasteiger partial charge on any atom is 0.258 e. The molecule has 0 atom stereocenters. The zero-order valence-corrected chi connectivity index (χ0v) is 15.6. The number of carbonyl (C=O) groups excluding carboxylic acids is 1. The van der Waals surface area contributed by atoms with Crippen LogP contribution in [0.2, 0.25) is 0 Å². The maximum atomic E-state index is 12.0. The van der Waals surface area contributed by atoms with E-state index < -0.39 is 0 Å². The molecule has 0 aliphatic carbocycles. The number of amides is 1. The van der Waals surface area contributed by atoms with Crippen molar-refractivity contribution in [3.05, 3.63) is 45.5 Å². The highest BCUT2D eigenvalue weighted by atomic mass is 32.1. The normalized spacial score (nSPS) is 11.2. The number of H-pyrrole nitrogens is 1. The van der Waals surface area contributed by atoms with Crippen LogP contribution in [0.15, 0.2) is 29.1 Å². The quantitative estimate of drug-likeness (QED) is 0.665. The van der Waals surface area contributed by atoms with Gasteiger partial charge in [-0.25, -0.2) is 4.98 Å². The molecular formula is C18H21N5O2S. The van der Waals surface area contributed by atoms with E-state index in [4.69, 9.17) is 0 Å². The molecule has 0 spiro atoms. The van der Waals surface area contributed by atoms with Crippen molar-refractivity contribution in [2.75, 3.05) is 5.32 Å². The summed E-state index contributed by atoms with van der Waals surface area (Å²) >= 11 is 1.41. The number of rotatable bonds is 7. The number of aryl methyl sites for hydroxylation is 1. The fourth-order valence-corrected chi connectivity index (χ4v) is 3.56. The second-order valence-electron chi connectivity index (χ2n) is 6.53. The van der Waals surface area contributed by atoms with Crippen LogP contribution in [0.3, 0.4) is 0 Å². The number of hydrogen-bond donors (Lipinski definition) is 2. The molecular weight excluding hydrogens is 350 g/mol. The van der Waals surface area contributed by atoms with Crippen LogP contribution in [0.1, 0.15) is 37.5 Å². The lowest BCUT2D eigenvalue weighted by atomic mass is 10.1. The highest BCUT2D eigenvalue weighted by Gasteiger charge is 2.10. The number of aromatic amines is 1. The molecule has 0 aliphatic heterocycles. The molecule has 0 bridgehead atoms. The number of anilines is 1. The Kier molecular flexibility index (Phi) is 5.72. The Hall–Kier alpha value is -2.61. The van der Waals surface area contributed by atoms with Crippen molar-refractivity contribution in [3.63, 3.8) is 0 Å². The number of benzene rings is 1. The van der Waals surface area contributed by atoms with E-state index in [1.165, 1.54) is 11.3 Å². The van der Waals surface area contributed by atoms with Gasteiger partial charge >= 0.3 is 0 Å². The van der Waals surface area contributed by atoms with Crippen molar-refractivity contribution < 1.29 is 4.79 Å². The van der Waals surface area contributed by atoms with Gasteiger partial charge in [-0.15, -0.1) is 10.2 Å². The minimum atomic E-state index is -0.151. The summed E-state index contributed by atoms with van der Waals surface area (Å²) in [4.78, 5) is 31.3. The van der Waals surface area contributed by atoms with Gasteiger partial charge in [0.2, 0.25) is 11.0 Å². The number of nitrogens with zero attached hydrogens (tertiary/aromatic N) is 3. The number of fused-ring (bicyclic) bond motifs is 1. The molecule has 7 nitrogen and oxygen atoms in total.